The van der Waals surface area contributed by atoms with Crippen molar-refractivity contribution in [1.29, 1.82) is 0 Å². The minimum absolute atomic E-state index is 0.457. The molecule has 0 radical (unpaired) electrons. The van der Waals surface area contributed by atoms with Crippen LogP contribution in [0.25, 0.3) is 9.75 Å². The highest BCUT2D eigenvalue weighted by Gasteiger charge is 2.16. The highest BCUT2D eigenvalue weighted by molar-refractivity contribution is 7.21. The summed E-state index contributed by atoms with van der Waals surface area (Å²) in [6, 6.07) is 9.30. The molecule has 0 aliphatic carbocycles. The molecule has 0 aliphatic heterocycles. The van der Waals surface area contributed by atoms with E-state index in [-0.39, 0.29) is 0 Å². The highest BCUT2D eigenvalue weighted by atomic mass is 32.1. The monoisotopic (exact) mass is 323 g/mol. The van der Waals surface area contributed by atoms with Crippen molar-refractivity contribution in [2.75, 3.05) is 26.3 Å². The van der Waals surface area contributed by atoms with E-state index in [1.54, 1.807) is 0 Å². The van der Waals surface area contributed by atoms with Crippen LogP contribution in [-0.2, 0) is 4.74 Å². The Morgan fingerprint density at radius 2 is 2.00 bits per heavy atom. The Labute approximate surface area is 136 Å². The Kier molecular flexibility index (Phi) is 6.90. The zero-order valence-corrected chi connectivity index (χ0v) is 14.8. The molecule has 0 saturated heterocycles. The summed E-state index contributed by atoms with van der Waals surface area (Å²) in [5, 5.41) is 2.14. The van der Waals surface area contributed by atoms with Crippen LogP contribution in [0.3, 0.4) is 0 Å². The fraction of sp³-hybridized carbons (Fsp3) is 0.529. The number of hydrogen-bond donors (Lipinski definition) is 0. The van der Waals surface area contributed by atoms with E-state index in [0.717, 1.165) is 32.7 Å². The maximum absolute atomic E-state index is 5.63. The second-order valence-electron chi connectivity index (χ2n) is 5.10. The van der Waals surface area contributed by atoms with Crippen LogP contribution < -0.4 is 0 Å². The third kappa shape index (κ3) is 4.65. The third-order valence-corrected chi connectivity index (χ3v) is 5.95. The molecule has 0 aliphatic rings. The summed E-state index contributed by atoms with van der Waals surface area (Å²) < 4.78 is 5.63. The standard InChI is InChI=1S/C17H25NOS2/c1-4-11-19-12-10-18(5-2)14(3)15-8-9-17(21-15)16-7-6-13-20-16/h6-9,13-14H,4-5,10-12H2,1-3H3. The van der Waals surface area contributed by atoms with Gasteiger partial charge in [0.25, 0.3) is 0 Å². The van der Waals surface area contributed by atoms with Crippen LogP contribution in [0.1, 0.15) is 38.1 Å². The summed E-state index contributed by atoms with van der Waals surface area (Å²) in [5.41, 5.74) is 0. The molecule has 0 bridgehead atoms. The first-order chi connectivity index (χ1) is 10.3. The van der Waals surface area contributed by atoms with Crippen molar-refractivity contribution in [1.82, 2.24) is 4.90 Å². The van der Waals surface area contributed by atoms with Crippen molar-refractivity contribution in [3.8, 4) is 9.75 Å². The van der Waals surface area contributed by atoms with Gasteiger partial charge in [0, 0.05) is 33.8 Å². The molecule has 0 N–H and O–H groups in total. The summed E-state index contributed by atoms with van der Waals surface area (Å²) in [7, 11) is 0. The molecule has 0 amide bonds. The lowest BCUT2D eigenvalue weighted by Crippen LogP contribution is -2.30. The minimum Gasteiger partial charge on any atom is -0.380 e. The summed E-state index contributed by atoms with van der Waals surface area (Å²) in [5.74, 6) is 0. The maximum Gasteiger partial charge on any atom is 0.0593 e. The number of ether oxygens (including phenoxy) is 1. The summed E-state index contributed by atoms with van der Waals surface area (Å²) in [6.45, 7) is 10.4. The minimum atomic E-state index is 0.457. The van der Waals surface area contributed by atoms with E-state index in [1.165, 1.54) is 14.6 Å². The van der Waals surface area contributed by atoms with Gasteiger partial charge in [-0.15, -0.1) is 22.7 Å². The second-order valence-corrected chi connectivity index (χ2v) is 7.16. The van der Waals surface area contributed by atoms with Crippen molar-refractivity contribution in [3.05, 3.63) is 34.5 Å². The lowest BCUT2D eigenvalue weighted by atomic mass is 10.2. The Hall–Kier alpha value is -0.680. The number of rotatable bonds is 9. The van der Waals surface area contributed by atoms with Gasteiger partial charge in [-0.1, -0.05) is 19.9 Å². The third-order valence-electron chi connectivity index (χ3n) is 3.63. The van der Waals surface area contributed by atoms with Crippen LogP contribution in [0.2, 0.25) is 0 Å². The molecule has 0 spiro atoms. The Morgan fingerprint density at radius 1 is 1.14 bits per heavy atom. The van der Waals surface area contributed by atoms with Crippen LogP contribution in [0.4, 0.5) is 0 Å². The van der Waals surface area contributed by atoms with Gasteiger partial charge in [-0.2, -0.15) is 0 Å². The molecule has 2 heterocycles. The smallest absolute Gasteiger partial charge is 0.0593 e. The molecule has 4 heteroatoms. The van der Waals surface area contributed by atoms with Gasteiger partial charge in [-0.05, 0) is 43.5 Å². The van der Waals surface area contributed by atoms with Crippen molar-refractivity contribution in [3.63, 3.8) is 0 Å². The zero-order valence-electron chi connectivity index (χ0n) is 13.2. The predicted molar refractivity (Wildman–Crippen MR) is 94.4 cm³/mol. The number of likely N-dealkylation sites (N-methyl/N-ethyl adjacent to an activating group) is 1. The van der Waals surface area contributed by atoms with Crippen molar-refractivity contribution in [2.45, 2.75) is 33.2 Å². The van der Waals surface area contributed by atoms with Crippen LogP contribution in [0.5, 0.6) is 0 Å². The Bertz CT molecular complexity index is 507. The van der Waals surface area contributed by atoms with E-state index in [1.807, 2.05) is 22.7 Å². The van der Waals surface area contributed by atoms with E-state index >= 15 is 0 Å². The Morgan fingerprint density at radius 3 is 2.67 bits per heavy atom. The van der Waals surface area contributed by atoms with Crippen molar-refractivity contribution in [2.24, 2.45) is 0 Å². The van der Waals surface area contributed by atoms with E-state index in [4.69, 9.17) is 4.74 Å². The van der Waals surface area contributed by atoms with Gasteiger partial charge in [-0.25, -0.2) is 0 Å². The van der Waals surface area contributed by atoms with Crippen LogP contribution in [-0.4, -0.2) is 31.2 Å². The van der Waals surface area contributed by atoms with Crippen LogP contribution >= 0.6 is 22.7 Å². The lowest BCUT2D eigenvalue weighted by molar-refractivity contribution is 0.0929. The van der Waals surface area contributed by atoms with Gasteiger partial charge in [-0.3, -0.25) is 4.90 Å². The van der Waals surface area contributed by atoms with E-state index in [0.29, 0.717) is 6.04 Å². The second kappa shape index (κ2) is 8.69. The van der Waals surface area contributed by atoms with Gasteiger partial charge in [0.05, 0.1) is 6.61 Å². The lowest BCUT2D eigenvalue weighted by Gasteiger charge is -2.26. The summed E-state index contributed by atoms with van der Waals surface area (Å²) >= 11 is 3.73. The first-order valence-electron chi connectivity index (χ1n) is 7.71. The van der Waals surface area contributed by atoms with Crippen LogP contribution in [0, 0.1) is 0 Å². The van der Waals surface area contributed by atoms with Gasteiger partial charge in [0.15, 0.2) is 0 Å². The molecule has 1 atom stereocenters. The van der Waals surface area contributed by atoms with Gasteiger partial charge < -0.3 is 4.74 Å². The fourth-order valence-electron chi connectivity index (χ4n) is 2.36. The quantitative estimate of drug-likeness (QED) is 0.582. The average Bonchev–Trinajstić information content (AvgIpc) is 3.17. The molecule has 2 nitrogen and oxygen atoms in total. The molecule has 2 rings (SSSR count). The van der Waals surface area contributed by atoms with E-state index < -0.39 is 0 Å². The van der Waals surface area contributed by atoms with Gasteiger partial charge in [0.2, 0.25) is 0 Å². The molecule has 1 unspecified atom stereocenters. The van der Waals surface area contributed by atoms with Gasteiger partial charge >= 0.3 is 0 Å². The first-order valence-corrected chi connectivity index (χ1v) is 9.41. The fourth-order valence-corrected chi connectivity index (χ4v) is 4.29. The molecular formula is C17H25NOS2. The number of hydrogen-bond acceptors (Lipinski definition) is 4. The normalized spacial score (nSPS) is 13.0. The zero-order chi connectivity index (χ0) is 15.1. The Balaban J connectivity index is 1.95. The molecule has 21 heavy (non-hydrogen) atoms. The van der Waals surface area contributed by atoms with E-state index in [2.05, 4.69) is 55.3 Å². The molecule has 2 aromatic heterocycles. The largest absolute Gasteiger partial charge is 0.380 e. The molecular weight excluding hydrogens is 298 g/mol. The number of thiophene rings is 2. The topological polar surface area (TPSA) is 12.5 Å². The molecule has 0 fully saturated rings. The van der Waals surface area contributed by atoms with Crippen molar-refractivity contribution < 1.29 is 4.74 Å². The maximum atomic E-state index is 5.63. The molecule has 2 aromatic rings. The summed E-state index contributed by atoms with van der Waals surface area (Å²) in [6.07, 6.45) is 1.09. The van der Waals surface area contributed by atoms with Crippen molar-refractivity contribution >= 4 is 22.7 Å². The van der Waals surface area contributed by atoms with Crippen LogP contribution in [0.15, 0.2) is 29.6 Å². The predicted octanol–water partition coefficient (Wildman–Crippen LogP) is 5.29. The SMILES string of the molecule is CCCOCCN(CC)C(C)c1ccc(-c2cccs2)s1. The molecule has 0 saturated carbocycles. The summed E-state index contributed by atoms with van der Waals surface area (Å²) in [4.78, 5) is 6.67. The molecule has 0 aromatic carbocycles. The van der Waals surface area contributed by atoms with Gasteiger partial charge in [0.1, 0.15) is 0 Å². The highest BCUT2D eigenvalue weighted by Crippen LogP contribution is 2.35. The number of nitrogens with zero attached hydrogens (tertiary/aromatic N) is 1. The molecule has 116 valence electrons. The first kappa shape index (κ1) is 16.7. The average molecular weight is 324 g/mol. The van der Waals surface area contributed by atoms with E-state index in [9.17, 15) is 0 Å².